The molecule has 0 radical (unpaired) electrons. The van der Waals surface area contributed by atoms with Gasteiger partial charge in [-0.2, -0.15) is 0 Å². The van der Waals surface area contributed by atoms with Gasteiger partial charge < -0.3 is 10.8 Å². The lowest BCUT2D eigenvalue weighted by atomic mass is 9.76. The maximum atomic E-state index is 13.1. The van der Waals surface area contributed by atoms with Gasteiger partial charge in [-0.3, -0.25) is 0 Å². The molecule has 0 bridgehead atoms. The Labute approximate surface area is 123 Å². The van der Waals surface area contributed by atoms with E-state index in [2.05, 4.69) is 0 Å². The molecule has 0 aliphatic carbocycles. The zero-order valence-electron chi connectivity index (χ0n) is 12.1. The van der Waals surface area contributed by atoms with Gasteiger partial charge in [-0.05, 0) is 41.3 Å². The molecule has 0 heterocycles. The van der Waals surface area contributed by atoms with Crippen LogP contribution in [0.15, 0.2) is 48.5 Å². The Morgan fingerprint density at radius 1 is 0.857 bits per heavy atom. The van der Waals surface area contributed by atoms with E-state index >= 15 is 0 Å². The first-order valence-corrected chi connectivity index (χ1v) is 6.85. The minimum Gasteiger partial charge on any atom is -0.379 e. The molecule has 2 rings (SSSR count). The van der Waals surface area contributed by atoms with Crippen LogP contribution >= 0.6 is 0 Å². The molecule has 21 heavy (non-hydrogen) atoms. The zero-order chi connectivity index (χ0) is 15.6. The smallest absolute Gasteiger partial charge is 0.130 e. The Kier molecular flexibility index (Phi) is 4.40. The average molecular weight is 291 g/mol. The fraction of sp³-hybridized carbons (Fsp3) is 0.294. The van der Waals surface area contributed by atoms with Crippen molar-refractivity contribution in [1.29, 1.82) is 0 Å². The molecule has 0 fully saturated rings. The van der Waals surface area contributed by atoms with E-state index in [-0.39, 0.29) is 5.92 Å². The van der Waals surface area contributed by atoms with Crippen molar-refractivity contribution in [1.82, 2.24) is 0 Å². The molecule has 2 aromatic rings. The Bertz CT molecular complexity index is 548. The Hall–Kier alpha value is -1.78. The molecule has 0 aliphatic heterocycles. The van der Waals surface area contributed by atoms with Crippen LogP contribution in [0.4, 0.5) is 8.78 Å². The predicted molar refractivity (Wildman–Crippen MR) is 78.6 cm³/mol. The summed E-state index contributed by atoms with van der Waals surface area (Å²) in [5, 5.41) is 11.2. The van der Waals surface area contributed by atoms with Crippen LogP contribution in [0.3, 0.4) is 0 Å². The molecule has 2 nitrogen and oxygen atoms in total. The lowest BCUT2D eigenvalue weighted by Gasteiger charge is -2.37. The lowest BCUT2D eigenvalue weighted by molar-refractivity contribution is 0.0352. The number of hydrogen-bond donors (Lipinski definition) is 2. The summed E-state index contributed by atoms with van der Waals surface area (Å²) in [5.74, 6) is -0.804. The van der Waals surface area contributed by atoms with E-state index in [0.717, 1.165) is 0 Å². The topological polar surface area (TPSA) is 46.2 Å². The van der Waals surface area contributed by atoms with Crippen molar-refractivity contribution in [2.75, 3.05) is 0 Å². The van der Waals surface area contributed by atoms with Crippen LogP contribution in [0.25, 0.3) is 0 Å². The minimum atomic E-state index is -1.50. The number of halogens is 2. The van der Waals surface area contributed by atoms with Crippen molar-refractivity contribution < 1.29 is 13.9 Å². The van der Waals surface area contributed by atoms with Gasteiger partial charge in [0.05, 0.1) is 0 Å². The maximum absolute atomic E-state index is 13.1. The molecular formula is C17H19F2NO. The van der Waals surface area contributed by atoms with Gasteiger partial charge in [0, 0.05) is 6.04 Å². The van der Waals surface area contributed by atoms with Crippen molar-refractivity contribution in [3.63, 3.8) is 0 Å². The molecular weight excluding hydrogens is 272 g/mol. The molecule has 3 N–H and O–H groups in total. The summed E-state index contributed by atoms with van der Waals surface area (Å²) in [6, 6.07) is 10.5. The summed E-state index contributed by atoms with van der Waals surface area (Å²) in [6.07, 6.45) is 0. The van der Waals surface area contributed by atoms with Gasteiger partial charge in [0.15, 0.2) is 0 Å². The Balaban J connectivity index is 2.58. The van der Waals surface area contributed by atoms with Gasteiger partial charge in [0.25, 0.3) is 0 Å². The number of benzene rings is 2. The second-order valence-corrected chi connectivity index (χ2v) is 5.55. The fourth-order valence-electron chi connectivity index (χ4n) is 2.44. The Morgan fingerprint density at radius 2 is 1.19 bits per heavy atom. The number of aliphatic hydroxyl groups is 1. The summed E-state index contributed by atoms with van der Waals surface area (Å²) in [7, 11) is 0. The van der Waals surface area contributed by atoms with E-state index in [4.69, 9.17) is 5.73 Å². The summed E-state index contributed by atoms with van der Waals surface area (Å²) in [5.41, 5.74) is 5.66. The number of rotatable bonds is 4. The van der Waals surface area contributed by atoms with Gasteiger partial charge >= 0.3 is 0 Å². The van der Waals surface area contributed by atoms with Gasteiger partial charge in [-0.15, -0.1) is 0 Å². The monoisotopic (exact) mass is 291 g/mol. The zero-order valence-corrected chi connectivity index (χ0v) is 12.1. The molecule has 2 aromatic carbocycles. The highest BCUT2D eigenvalue weighted by Gasteiger charge is 2.39. The van der Waals surface area contributed by atoms with Crippen molar-refractivity contribution in [2.24, 2.45) is 11.7 Å². The molecule has 1 atom stereocenters. The van der Waals surface area contributed by atoms with Crippen LogP contribution in [0, 0.1) is 17.6 Å². The second-order valence-electron chi connectivity index (χ2n) is 5.55. The van der Waals surface area contributed by atoms with Gasteiger partial charge in [-0.25, -0.2) is 8.78 Å². The summed E-state index contributed by atoms with van der Waals surface area (Å²) >= 11 is 0. The van der Waals surface area contributed by atoms with Crippen LogP contribution in [0.2, 0.25) is 0 Å². The number of nitrogens with two attached hydrogens (primary N) is 1. The summed E-state index contributed by atoms with van der Waals surface area (Å²) < 4.78 is 26.3. The van der Waals surface area contributed by atoms with Crippen molar-refractivity contribution in [2.45, 2.75) is 25.5 Å². The van der Waals surface area contributed by atoms with Crippen LogP contribution in [-0.2, 0) is 5.60 Å². The molecule has 0 spiro atoms. The highest BCUT2D eigenvalue weighted by molar-refractivity contribution is 5.38. The molecule has 4 heteroatoms. The maximum Gasteiger partial charge on any atom is 0.130 e. The van der Waals surface area contributed by atoms with E-state index in [9.17, 15) is 13.9 Å². The molecule has 0 aliphatic rings. The first-order chi connectivity index (χ1) is 9.85. The molecule has 0 saturated heterocycles. The molecule has 0 amide bonds. The summed E-state index contributed by atoms with van der Waals surface area (Å²) in [4.78, 5) is 0. The van der Waals surface area contributed by atoms with Crippen molar-refractivity contribution in [3.8, 4) is 0 Å². The molecule has 112 valence electrons. The van der Waals surface area contributed by atoms with Crippen LogP contribution < -0.4 is 5.73 Å². The van der Waals surface area contributed by atoms with Crippen molar-refractivity contribution in [3.05, 3.63) is 71.3 Å². The quantitative estimate of drug-likeness (QED) is 0.909. The number of hydrogen-bond acceptors (Lipinski definition) is 2. The van der Waals surface area contributed by atoms with E-state index in [1.54, 1.807) is 0 Å². The van der Waals surface area contributed by atoms with E-state index in [1.807, 2.05) is 13.8 Å². The highest BCUT2D eigenvalue weighted by Crippen LogP contribution is 2.35. The third-order valence-electron chi connectivity index (χ3n) is 3.77. The fourth-order valence-corrected chi connectivity index (χ4v) is 2.44. The largest absolute Gasteiger partial charge is 0.379 e. The molecule has 0 unspecified atom stereocenters. The average Bonchev–Trinajstić information content (AvgIpc) is 2.47. The SMILES string of the molecule is CC(C)[C@H](N)C(O)(c1ccc(F)cc1)c1ccc(F)cc1. The van der Waals surface area contributed by atoms with Crippen LogP contribution in [-0.4, -0.2) is 11.1 Å². The normalized spacial score (nSPS) is 13.5. The minimum absolute atomic E-state index is 0.0230. The van der Waals surface area contributed by atoms with E-state index < -0.39 is 23.3 Å². The third kappa shape index (κ3) is 2.96. The van der Waals surface area contributed by atoms with Gasteiger partial charge in [-0.1, -0.05) is 38.1 Å². The highest BCUT2D eigenvalue weighted by atomic mass is 19.1. The van der Waals surface area contributed by atoms with E-state index in [1.165, 1.54) is 48.5 Å². The predicted octanol–water partition coefficient (Wildman–Crippen LogP) is 3.18. The van der Waals surface area contributed by atoms with E-state index in [0.29, 0.717) is 11.1 Å². The molecule has 0 saturated carbocycles. The second kappa shape index (κ2) is 5.92. The van der Waals surface area contributed by atoms with Crippen LogP contribution in [0.1, 0.15) is 25.0 Å². The van der Waals surface area contributed by atoms with Crippen LogP contribution in [0.5, 0.6) is 0 Å². The first kappa shape index (κ1) is 15.6. The summed E-state index contributed by atoms with van der Waals surface area (Å²) in [6.45, 7) is 3.78. The van der Waals surface area contributed by atoms with Gasteiger partial charge in [0.2, 0.25) is 0 Å². The first-order valence-electron chi connectivity index (χ1n) is 6.85. The Morgan fingerprint density at radius 3 is 1.48 bits per heavy atom. The molecule has 0 aromatic heterocycles. The van der Waals surface area contributed by atoms with Gasteiger partial charge in [0.1, 0.15) is 17.2 Å². The standard InChI is InChI=1S/C17H19F2NO/c1-11(2)16(20)17(21,12-3-7-14(18)8-4-12)13-5-9-15(19)10-6-13/h3-11,16,21H,20H2,1-2H3/t16-/m0/s1. The third-order valence-corrected chi connectivity index (χ3v) is 3.77. The lowest BCUT2D eigenvalue weighted by Crippen LogP contribution is -2.49. The van der Waals surface area contributed by atoms with Crippen molar-refractivity contribution >= 4 is 0 Å².